The van der Waals surface area contributed by atoms with E-state index in [1.165, 1.54) is 38.5 Å². The number of carbonyl (C=O) groups is 1. The molecule has 0 bridgehead atoms. The second kappa shape index (κ2) is 10.2. The first-order valence-electron chi connectivity index (χ1n) is 6.82. The Hall–Kier alpha value is -0.660. The van der Waals surface area contributed by atoms with Crippen LogP contribution in [-0.4, -0.2) is 41.4 Å². The fourth-order valence-corrected chi connectivity index (χ4v) is 2.02. The van der Waals surface area contributed by atoms with Gasteiger partial charge in [-0.3, -0.25) is 13.9 Å². The van der Waals surface area contributed by atoms with E-state index in [2.05, 4.69) is 6.92 Å². The topological polar surface area (TPSA) is 94.9 Å². The van der Waals surface area contributed by atoms with Gasteiger partial charge >= 0.3 is 10.4 Å². The molecule has 2 N–H and O–H groups in total. The molecule has 1 heterocycles. The zero-order chi connectivity index (χ0) is 14.7. The third kappa shape index (κ3) is 13.6. The van der Waals surface area contributed by atoms with E-state index in [9.17, 15) is 4.79 Å². The van der Waals surface area contributed by atoms with Crippen LogP contribution in [0.25, 0.3) is 0 Å². The first-order valence-corrected chi connectivity index (χ1v) is 8.22. The van der Waals surface area contributed by atoms with Gasteiger partial charge in [0.2, 0.25) is 5.91 Å². The second-order valence-electron chi connectivity index (χ2n) is 4.70. The van der Waals surface area contributed by atoms with Crippen LogP contribution in [0.15, 0.2) is 0 Å². The van der Waals surface area contributed by atoms with Gasteiger partial charge in [-0.05, 0) is 12.8 Å². The van der Waals surface area contributed by atoms with Crippen LogP contribution in [0.4, 0.5) is 0 Å². The Morgan fingerprint density at radius 2 is 1.63 bits per heavy atom. The summed E-state index contributed by atoms with van der Waals surface area (Å²) in [6, 6.07) is 0. The summed E-state index contributed by atoms with van der Waals surface area (Å²) < 4.78 is 31.6. The minimum atomic E-state index is -4.67. The first-order chi connectivity index (χ1) is 8.84. The van der Waals surface area contributed by atoms with Crippen molar-refractivity contribution in [1.82, 2.24) is 4.90 Å². The highest BCUT2D eigenvalue weighted by molar-refractivity contribution is 7.79. The van der Waals surface area contributed by atoms with Crippen LogP contribution in [0.5, 0.6) is 0 Å². The molecule has 1 aliphatic heterocycles. The number of likely N-dealkylation sites (tertiary alicyclic amines) is 1. The molecule has 0 unspecified atom stereocenters. The summed E-state index contributed by atoms with van der Waals surface area (Å²) in [4.78, 5) is 13.3. The van der Waals surface area contributed by atoms with Crippen LogP contribution in [0.1, 0.15) is 58.3 Å². The van der Waals surface area contributed by atoms with Crippen molar-refractivity contribution in [3.8, 4) is 0 Å². The number of carbonyl (C=O) groups excluding carboxylic acids is 1. The Bertz CT molecular complexity index is 334. The first kappa shape index (κ1) is 18.3. The molecule has 6 nitrogen and oxygen atoms in total. The summed E-state index contributed by atoms with van der Waals surface area (Å²) in [5.41, 5.74) is 0. The Morgan fingerprint density at radius 3 is 2.11 bits per heavy atom. The Kier molecular flexibility index (Phi) is 9.81. The Morgan fingerprint density at radius 1 is 1.11 bits per heavy atom. The standard InChI is InChI=1S/C12H23NO.H2O4S/c1-2-3-4-5-6-7-10-13-11-8-9-12(13)14;1-5(2,3)4/h2-11H2,1H3;(H2,1,2,3,4). The number of hydrogen-bond acceptors (Lipinski definition) is 3. The molecule has 114 valence electrons. The fourth-order valence-electron chi connectivity index (χ4n) is 2.02. The minimum absolute atomic E-state index is 0.374. The fraction of sp³-hybridized carbons (Fsp3) is 0.917. The predicted molar refractivity (Wildman–Crippen MR) is 73.4 cm³/mol. The van der Waals surface area contributed by atoms with E-state index in [1.807, 2.05) is 4.90 Å². The molecule has 0 aromatic rings. The van der Waals surface area contributed by atoms with Crippen LogP contribution >= 0.6 is 0 Å². The maximum absolute atomic E-state index is 11.3. The van der Waals surface area contributed by atoms with Crippen LogP contribution < -0.4 is 0 Å². The molecule has 0 saturated carbocycles. The minimum Gasteiger partial charge on any atom is -0.343 e. The van der Waals surface area contributed by atoms with Gasteiger partial charge in [-0.25, -0.2) is 0 Å². The van der Waals surface area contributed by atoms with Gasteiger partial charge in [0.15, 0.2) is 0 Å². The van der Waals surface area contributed by atoms with E-state index in [4.69, 9.17) is 17.5 Å². The number of unbranched alkanes of at least 4 members (excludes halogenated alkanes) is 5. The molecule has 1 amide bonds. The number of nitrogens with zero attached hydrogens (tertiary/aromatic N) is 1. The highest BCUT2D eigenvalue weighted by Crippen LogP contribution is 2.12. The van der Waals surface area contributed by atoms with Crippen molar-refractivity contribution >= 4 is 16.3 Å². The summed E-state index contributed by atoms with van der Waals surface area (Å²) in [6.07, 6.45) is 9.75. The lowest BCUT2D eigenvalue weighted by atomic mass is 10.1. The largest absolute Gasteiger partial charge is 0.394 e. The summed E-state index contributed by atoms with van der Waals surface area (Å²) in [5, 5.41) is 0. The van der Waals surface area contributed by atoms with Gasteiger partial charge in [-0.1, -0.05) is 39.0 Å². The molecule has 0 spiro atoms. The summed E-state index contributed by atoms with van der Waals surface area (Å²) in [7, 11) is -4.67. The number of hydrogen-bond donors (Lipinski definition) is 2. The maximum Gasteiger partial charge on any atom is 0.394 e. The van der Waals surface area contributed by atoms with Crippen LogP contribution in [-0.2, 0) is 15.2 Å². The molecule has 7 heteroatoms. The van der Waals surface area contributed by atoms with Gasteiger partial charge in [-0.2, -0.15) is 8.42 Å². The van der Waals surface area contributed by atoms with Crippen LogP contribution in [0.3, 0.4) is 0 Å². The maximum atomic E-state index is 11.3. The van der Waals surface area contributed by atoms with Crippen molar-refractivity contribution in [3.05, 3.63) is 0 Å². The van der Waals surface area contributed by atoms with E-state index in [0.717, 1.165) is 25.9 Å². The normalized spacial score (nSPS) is 15.3. The van der Waals surface area contributed by atoms with Gasteiger partial charge in [0, 0.05) is 19.5 Å². The van der Waals surface area contributed by atoms with Crippen molar-refractivity contribution in [2.75, 3.05) is 13.1 Å². The molecule has 0 aromatic heterocycles. The lowest BCUT2D eigenvalue weighted by Gasteiger charge is -2.14. The SMILES string of the molecule is CCCCCCCCN1CCCC1=O.O=S(=O)(O)O. The molecule has 1 fully saturated rings. The highest BCUT2D eigenvalue weighted by Gasteiger charge is 2.18. The molecular formula is C12H25NO5S. The third-order valence-corrected chi connectivity index (χ3v) is 2.95. The van der Waals surface area contributed by atoms with Crippen molar-refractivity contribution in [2.24, 2.45) is 0 Å². The van der Waals surface area contributed by atoms with Crippen molar-refractivity contribution < 1.29 is 22.3 Å². The molecule has 0 aliphatic carbocycles. The number of rotatable bonds is 7. The van der Waals surface area contributed by atoms with Crippen LogP contribution in [0, 0.1) is 0 Å². The molecule has 19 heavy (non-hydrogen) atoms. The predicted octanol–water partition coefficient (Wildman–Crippen LogP) is 2.32. The average Bonchev–Trinajstić information content (AvgIpc) is 2.67. The second-order valence-corrected chi connectivity index (χ2v) is 5.60. The highest BCUT2D eigenvalue weighted by atomic mass is 32.3. The monoisotopic (exact) mass is 295 g/mol. The van der Waals surface area contributed by atoms with Crippen molar-refractivity contribution in [1.29, 1.82) is 0 Å². The summed E-state index contributed by atoms with van der Waals surface area (Å²) in [5.74, 6) is 0.374. The van der Waals surface area contributed by atoms with Gasteiger partial charge < -0.3 is 4.90 Å². The van der Waals surface area contributed by atoms with E-state index in [-0.39, 0.29) is 0 Å². The average molecular weight is 295 g/mol. The lowest BCUT2D eigenvalue weighted by molar-refractivity contribution is -0.127. The Labute approximate surface area is 115 Å². The van der Waals surface area contributed by atoms with E-state index in [1.54, 1.807) is 0 Å². The third-order valence-electron chi connectivity index (χ3n) is 2.95. The van der Waals surface area contributed by atoms with Gasteiger partial charge in [0.25, 0.3) is 0 Å². The van der Waals surface area contributed by atoms with E-state index >= 15 is 0 Å². The van der Waals surface area contributed by atoms with E-state index in [0.29, 0.717) is 5.91 Å². The molecule has 1 saturated heterocycles. The number of amides is 1. The smallest absolute Gasteiger partial charge is 0.343 e. The molecule has 1 aliphatic rings. The molecule has 0 atom stereocenters. The van der Waals surface area contributed by atoms with Crippen LogP contribution in [0.2, 0.25) is 0 Å². The Balaban J connectivity index is 0.000000555. The van der Waals surface area contributed by atoms with E-state index < -0.39 is 10.4 Å². The van der Waals surface area contributed by atoms with Gasteiger partial charge in [0.05, 0.1) is 0 Å². The lowest BCUT2D eigenvalue weighted by Crippen LogP contribution is -2.25. The molecular weight excluding hydrogens is 270 g/mol. The zero-order valence-electron chi connectivity index (χ0n) is 11.5. The summed E-state index contributed by atoms with van der Waals surface area (Å²) in [6.45, 7) is 4.25. The van der Waals surface area contributed by atoms with Gasteiger partial charge in [-0.15, -0.1) is 0 Å². The molecule has 1 rings (SSSR count). The van der Waals surface area contributed by atoms with Gasteiger partial charge in [0.1, 0.15) is 0 Å². The molecule has 0 aromatic carbocycles. The van der Waals surface area contributed by atoms with Crippen molar-refractivity contribution in [2.45, 2.75) is 58.3 Å². The molecule has 0 radical (unpaired) electrons. The zero-order valence-corrected chi connectivity index (χ0v) is 12.4. The van der Waals surface area contributed by atoms with Crippen molar-refractivity contribution in [3.63, 3.8) is 0 Å². The summed E-state index contributed by atoms with van der Waals surface area (Å²) >= 11 is 0. The quantitative estimate of drug-likeness (QED) is 0.555.